The van der Waals surface area contributed by atoms with E-state index in [0.717, 1.165) is 11.4 Å². The SMILES string of the molecule is CNc1ncnc(NC(C)C(=O)OC)c1C. The van der Waals surface area contributed by atoms with Crippen LogP contribution >= 0.6 is 0 Å². The Morgan fingerprint density at radius 2 is 2.06 bits per heavy atom. The van der Waals surface area contributed by atoms with Crippen LogP contribution in [-0.4, -0.2) is 36.1 Å². The van der Waals surface area contributed by atoms with Gasteiger partial charge in [-0.15, -0.1) is 0 Å². The summed E-state index contributed by atoms with van der Waals surface area (Å²) in [4.78, 5) is 19.4. The third kappa shape index (κ3) is 2.59. The van der Waals surface area contributed by atoms with Crippen LogP contribution < -0.4 is 10.6 Å². The maximum Gasteiger partial charge on any atom is 0.328 e. The molecule has 0 saturated carbocycles. The normalized spacial score (nSPS) is 11.8. The predicted molar refractivity (Wildman–Crippen MR) is 61.4 cm³/mol. The van der Waals surface area contributed by atoms with E-state index in [1.54, 1.807) is 14.0 Å². The molecule has 1 aromatic rings. The zero-order valence-corrected chi connectivity index (χ0v) is 9.87. The van der Waals surface area contributed by atoms with Crippen molar-refractivity contribution in [3.8, 4) is 0 Å². The van der Waals surface area contributed by atoms with Crippen LogP contribution in [0.15, 0.2) is 6.33 Å². The van der Waals surface area contributed by atoms with Crippen molar-refractivity contribution in [1.29, 1.82) is 0 Å². The summed E-state index contributed by atoms with van der Waals surface area (Å²) in [6.45, 7) is 3.59. The van der Waals surface area contributed by atoms with Crippen LogP contribution in [0, 0.1) is 6.92 Å². The second-order valence-corrected chi connectivity index (χ2v) is 3.34. The Bertz CT molecular complexity index is 381. The largest absolute Gasteiger partial charge is 0.467 e. The van der Waals surface area contributed by atoms with Crippen molar-refractivity contribution in [3.63, 3.8) is 0 Å². The summed E-state index contributed by atoms with van der Waals surface area (Å²) < 4.78 is 4.62. The van der Waals surface area contributed by atoms with Gasteiger partial charge in [-0.25, -0.2) is 14.8 Å². The van der Waals surface area contributed by atoms with Crippen molar-refractivity contribution < 1.29 is 9.53 Å². The Morgan fingerprint density at radius 3 is 2.62 bits per heavy atom. The number of rotatable bonds is 4. The first-order valence-corrected chi connectivity index (χ1v) is 4.93. The first-order valence-electron chi connectivity index (χ1n) is 4.93. The lowest BCUT2D eigenvalue weighted by atomic mass is 10.2. The van der Waals surface area contributed by atoms with Gasteiger partial charge in [0.25, 0.3) is 0 Å². The van der Waals surface area contributed by atoms with E-state index in [-0.39, 0.29) is 5.97 Å². The first kappa shape index (κ1) is 12.2. The van der Waals surface area contributed by atoms with Gasteiger partial charge in [0, 0.05) is 12.6 Å². The van der Waals surface area contributed by atoms with E-state index in [1.165, 1.54) is 13.4 Å². The maximum atomic E-state index is 11.2. The zero-order chi connectivity index (χ0) is 12.1. The first-order chi connectivity index (χ1) is 7.60. The minimum Gasteiger partial charge on any atom is -0.467 e. The smallest absolute Gasteiger partial charge is 0.328 e. The number of esters is 1. The topological polar surface area (TPSA) is 76.1 Å². The van der Waals surface area contributed by atoms with E-state index < -0.39 is 6.04 Å². The van der Waals surface area contributed by atoms with Gasteiger partial charge in [0.15, 0.2) is 0 Å². The Labute approximate surface area is 94.4 Å². The lowest BCUT2D eigenvalue weighted by molar-refractivity contribution is -0.141. The van der Waals surface area contributed by atoms with E-state index in [2.05, 4.69) is 25.3 Å². The highest BCUT2D eigenvalue weighted by Crippen LogP contribution is 2.18. The summed E-state index contributed by atoms with van der Waals surface area (Å²) in [5.74, 6) is 1.02. The van der Waals surface area contributed by atoms with Crippen LogP contribution in [0.1, 0.15) is 12.5 Å². The van der Waals surface area contributed by atoms with Gasteiger partial charge in [-0.2, -0.15) is 0 Å². The number of nitrogens with one attached hydrogen (secondary N) is 2. The van der Waals surface area contributed by atoms with Gasteiger partial charge in [0.2, 0.25) is 0 Å². The fourth-order valence-electron chi connectivity index (χ4n) is 1.29. The highest BCUT2D eigenvalue weighted by atomic mass is 16.5. The fraction of sp³-hybridized carbons (Fsp3) is 0.500. The van der Waals surface area contributed by atoms with Crippen molar-refractivity contribution in [3.05, 3.63) is 11.9 Å². The van der Waals surface area contributed by atoms with Gasteiger partial charge in [0.05, 0.1) is 7.11 Å². The number of carbonyl (C=O) groups excluding carboxylic acids is 1. The summed E-state index contributed by atoms with van der Waals surface area (Å²) >= 11 is 0. The molecule has 0 bridgehead atoms. The average molecular weight is 224 g/mol. The van der Waals surface area contributed by atoms with Crippen molar-refractivity contribution >= 4 is 17.6 Å². The van der Waals surface area contributed by atoms with Gasteiger partial charge in [-0.3, -0.25) is 0 Å². The third-order valence-electron chi connectivity index (χ3n) is 2.23. The third-order valence-corrected chi connectivity index (χ3v) is 2.23. The molecule has 0 radical (unpaired) electrons. The second-order valence-electron chi connectivity index (χ2n) is 3.34. The predicted octanol–water partition coefficient (Wildman–Crippen LogP) is 0.800. The summed E-state index contributed by atoms with van der Waals surface area (Å²) in [5.41, 5.74) is 0.862. The summed E-state index contributed by atoms with van der Waals surface area (Å²) in [5, 5.41) is 5.91. The van der Waals surface area contributed by atoms with Crippen molar-refractivity contribution in [2.45, 2.75) is 19.9 Å². The molecule has 0 saturated heterocycles. The van der Waals surface area contributed by atoms with E-state index in [9.17, 15) is 4.79 Å². The molecule has 6 heteroatoms. The summed E-state index contributed by atoms with van der Waals surface area (Å²) in [7, 11) is 3.13. The zero-order valence-electron chi connectivity index (χ0n) is 9.87. The van der Waals surface area contributed by atoms with Crippen LogP contribution in [-0.2, 0) is 9.53 Å². The Kier molecular flexibility index (Phi) is 4.04. The molecule has 0 fully saturated rings. The van der Waals surface area contributed by atoms with Gasteiger partial charge < -0.3 is 15.4 Å². The Hall–Kier alpha value is -1.85. The highest BCUT2D eigenvalue weighted by molar-refractivity contribution is 5.78. The number of methoxy groups -OCH3 is 1. The molecular weight excluding hydrogens is 208 g/mol. The van der Waals surface area contributed by atoms with Crippen molar-refractivity contribution in [2.24, 2.45) is 0 Å². The molecule has 16 heavy (non-hydrogen) atoms. The quantitative estimate of drug-likeness (QED) is 0.737. The van der Waals surface area contributed by atoms with Gasteiger partial charge in [-0.05, 0) is 13.8 Å². The summed E-state index contributed by atoms with van der Waals surface area (Å²) in [6, 6.07) is -0.441. The molecule has 0 aliphatic carbocycles. The molecule has 0 aromatic carbocycles. The number of nitrogens with zero attached hydrogens (tertiary/aromatic N) is 2. The van der Waals surface area contributed by atoms with Gasteiger partial charge >= 0.3 is 5.97 Å². The van der Waals surface area contributed by atoms with Crippen LogP contribution in [0.3, 0.4) is 0 Å². The number of hydrogen-bond donors (Lipinski definition) is 2. The van der Waals surface area contributed by atoms with E-state index >= 15 is 0 Å². The molecule has 2 N–H and O–H groups in total. The van der Waals surface area contributed by atoms with Crippen LogP contribution in [0.25, 0.3) is 0 Å². The Balaban J connectivity index is 2.85. The second kappa shape index (κ2) is 5.29. The molecule has 1 rings (SSSR count). The number of aromatic nitrogens is 2. The molecule has 1 aromatic heterocycles. The fourth-order valence-corrected chi connectivity index (χ4v) is 1.29. The lowest BCUT2D eigenvalue weighted by Gasteiger charge is -2.14. The lowest BCUT2D eigenvalue weighted by Crippen LogP contribution is -2.28. The molecule has 0 amide bonds. The van der Waals surface area contributed by atoms with Crippen LogP contribution in [0.2, 0.25) is 0 Å². The molecular formula is C10H16N4O2. The van der Waals surface area contributed by atoms with Gasteiger partial charge in [-0.1, -0.05) is 0 Å². The van der Waals surface area contributed by atoms with Crippen molar-refractivity contribution in [2.75, 3.05) is 24.8 Å². The molecule has 0 aliphatic rings. The molecule has 1 unspecified atom stereocenters. The molecule has 88 valence electrons. The number of ether oxygens (including phenoxy) is 1. The standard InChI is InChI=1S/C10H16N4O2/c1-6-8(11-3)12-5-13-9(6)14-7(2)10(15)16-4/h5,7H,1-4H3,(H2,11,12,13,14). The summed E-state index contributed by atoms with van der Waals surface area (Å²) in [6.07, 6.45) is 1.44. The van der Waals surface area contributed by atoms with Crippen LogP contribution in [0.5, 0.6) is 0 Å². The minimum atomic E-state index is -0.441. The average Bonchev–Trinajstić information content (AvgIpc) is 2.30. The van der Waals surface area contributed by atoms with Gasteiger partial charge in [0.1, 0.15) is 24.0 Å². The minimum absolute atomic E-state index is 0.330. The Morgan fingerprint density at radius 1 is 1.44 bits per heavy atom. The van der Waals surface area contributed by atoms with E-state index in [0.29, 0.717) is 5.82 Å². The van der Waals surface area contributed by atoms with E-state index in [4.69, 9.17) is 0 Å². The monoisotopic (exact) mass is 224 g/mol. The van der Waals surface area contributed by atoms with Crippen LogP contribution in [0.4, 0.5) is 11.6 Å². The highest BCUT2D eigenvalue weighted by Gasteiger charge is 2.15. The maximum absolute atomic E-state index is 11.2. The number of anilines is 2. The molecule has 0 aliphatic heterocycles. The number of hydrogen-bond acceptors (Lipinski definition) is 6. The molecule has 1 heterocycles. The number of carbonyl (C=O) groups is 1. The molecule has 1 atom stereocenters. The van der Waals surface area contributed by atoms with Crippen molar-refractivity contribution in [1.82, 2.24) is 9.97 Å². The molecule has 0 spiro atoms. The van der Waals surface area contributed by atoms with E-state index in [1.807, 2.05) is 6.92 Å². The molecule has 6 nitrogen and oxygen atoms in total.